The predicted octanol–water partition coefficient (Wildman–Crippen LogP) is 5.99. The predicted molar refractivity (Wildman–Crippen MR) is 136 cm³/mol. The van der Waals surface area contributed by atoms with Crippen LogP contribution in [0, 0.1) is 35.4 Å². The number of fused-ring (bicyclic) bond motifs is 1. The summed E-state index contributed by atoms with van der Waals surface area (Å²) in [5.74, 6) is 1.06. The molecule has 1 heterocycles. The molecule has 3 aromatic carbocycles. The van der Waals surface area contributed by atoms with Crippen molar-refractivity contribution in [2.24, 2.45) is 0 Å². The lowest BCUT2D eigenvalue weighted by Gasteiger charge is -2.16. The largest absolute Gasteiger partial charge is 0.493 e. The topological polar surface area (TPSA) is 116 Å². The summed E-state index contributed by atoms with van der Waals surface area (Å²) in [6.45, 7) is 1.76. The van der Waals surface area contributed by atoms with E-state index < -0.39 is 5.82 Å². The lowest BCUT2D eigenvalue weighted by atomic mass is 10.1. The van der Waals surface area contributed by atoms with Crippen LogP contribution in [0.3, 0.4) is 0 Å². The average molecular weight is 481 g/mol. The number of allylic oxidation sites excluding steroid dienone is 1. The third-order valence-corrected chi connectivity index (χ3v) is 5.37. The number of nitriles is 2. The summed E-state index contributed by atoms with van der Waals surface area (Å²) in [4.78, 5) is 9.20. The van der Waals surface area contributed by atoms with Crippen LogP contribution >= 0.6 is 0 Å². The first-order valence-electron chi connectivity index (χ1n) is 10.8. The Hall–Kier alpha value is -5.15. The molecule has 2 N–H and O–H groups in total. The summed E-state index contributed by atoms with van der Waals surface area (Å²) < 4.78 is 26.0. The van der Waals surface area contributed by atoms with Crippen molar-refractivity contribution in [2.75, 3.05) is 24.9 Å². The maximum atomic E-state index is 15.1. The first-order valence-corrected chi connectivity index (χ1v) is 10.8. The van der Waals surface area contributed by atoms with E-state index in [1.165, 1.54) is 32.4 Å². The summed E-state index contributed by atoms with van der Waals surface area (Å²) in [6, 6.07) is 17.4. The summed E-state index contributed by atoms with van der Waals surface area (Å²) in [5, 5.41) is 24.6. The van der Waals surface area contributed by atoms with Crippen molar-refractivity contribution < 1.29 is 13.9 Å². The number of aryl methyl sites for hydroxylation is 1. The van der Waals surface area contributed by atoms with E-state index in [4.69, 9.17) is 20.0 Å². The molecule has 0 amide bonds. The van der Waals surface area contributed by atoms with E-state index in [0.717, 1.165) is 0 Å². The minimum atomic E-state index is -0.499. The van der Waals surface area contributed by atoms with Gasteiger partial charge in [-0.3, -0.25) is 0 Å². The molecule has 0 saturated heterocycles. The van der Waals surface area contributed by atoms with Crippen LogP contribution in [0.15, 0.2) is 54.6 Å². The van der Waals surface area contributed by atoms with Crippen LogP contribution in [0.1, 0.15) is 16.7 Å². The Bertz CT molecular complexity index is 1530. The second-order valence-corrected chi connectivity index (χ2v) is 7.72. The van der Waals surface area contributed by atoms with Crippen LogP contribution in [0.25, 0.3) is 17.0 Å². The number of aromatic nitrogens is 2. The van der Waals surface area contributed by atoms with Gasteiger partial charge in [0.2, 0.25) is 5.95 Å². The van der Waals surface area contributed by atoms with Gasteiger partial charge < -0.3 is 20.1 Å². The van der Waals surface area contributed by atoms with Crippen molar-refractivity contribution in [3.05, 3.63) is 77.1 Å². The number of rotatable bonds is 7. The van der Waals surface area contributed by atoms with Crippen molar-refractivity contribution in [3.63, 3.8) is 0 Å². The minimum absolute atomic E-state index is 0.239. The molecule has 1 aromatic heterocycles. The van der Waals surface area contributed by atoms with Crippen LogP contribution in [-0.2, 0) is 0 Å². The van der Waals surface area contributed by atoms with Gasteiger partial charge in [0.1, 0.15) is 11.6 Å². The molecular weight excluding hydrogens is 459 g/mol. The monoisotopic (exact) mass is 480 g/mol. The zero-order valence-electron chi connectivity index (χ0n) is 19.8. The Morgan fingerprint density at radius 3 is 2.31 bits per heavy atom. The second-order valence-electron chi connectivity index (χ2n) is 7.72. The number of hydrogen-bond acceptors (Lipinski definition) is 8. The quantitative estimate of drug-likeness (QED) is 0.310. The molecule has 0 unspecified atom stereocenters. The van der Waals surface area contributed by atoms with Gasteiger partial charge in [0.15, 0.2) is 11.5 Å². The molecule has 0 fully saturated rings. The number of benzene rings is 3. The lowest BCUT2D eigenvalue weighted by Crippen LogP contribution is -2.05. The number of ether oxygens (including phenoxy) is 2. The molecule has 8 nitrogen and oxygen atoms in total. The van der Waals surface area contributed by atoms with Crippen molar-refractivity contribution in [1.29, 1.82) is 10.5 Å². The highest BCUT2D eigenvalue weighted by molar-refractivity contribution is 5.94. The van der Waals surface area contributed by atoms with Crippen LogP contribution in [-0.4, -0.2) is 24.2 Å². The lowest BCUT2D eigenvalue weighted by molar-refractivity contribution is 0.356. The van der Waals surface area contributed by atoms with Gasteiger partial charge >= 0.3 is 0 Å². The van der Waals surface area contributed by atoms with Gasteiger partial charge in [0.25, 0.3) is 0 Å². The van der Waals surface area contributed by atoms with Gasteiger partial charge in [0, 0.05) is 23.2 Å². The normalized spacial score (nSPS) is 10.6. The molecular formula is C27H21FN6O2. The summed E-state index contributed by atoms with van der Waals surface area (Å²) in [6.07, 6.45) is 2.83. The highest BCUT2D eigenvalue weighted by Crippen LogP contribution is 2.36. The number of methoxy groups -OCH3 is 2. The maximum absolute atomic E-state index is 15.1. The third kappa shape index (κ3) is 5.01. The highest BCUT2D eigenvalue weighted by atomic mass is 19.1. The number of nitrogens with zero attached hydrogens (tertiary/aromatic N) is 4. The zero-order chi connectivity index (χ0) is 25.7. The molecule has 0 aliphatic rings. The Kier molecular flexibility index (Phi) is 6.94. The van der Waals surface area contributed by atoms with Crippen LogP contribution in [0.2, 0.25) is 0 Å². The van der Waals surface area contributed by atoms with Crippen molar-refractivity contribution in [3.8, 4) is 23.6 Å². The van der Waals surface area contributed by atoms with Gasteiger partial charge in [-0.05, 0) is 66.6 Å². The Labute approximate surface area is 207 Å². The average Bonchev–Trinajstić information content (AvgIpc) is 2.89. The minimum Gasteiger partial charge on any atom is -0.493 e. The molecule has 0 spiro atoms. The molecule has 0 aliphatic carbocycles. The van der Waals surface area contributed by atoms with E-state index in [1.807, 2.05) is 6.07 Å². The molecule has 0 radical (unpaired) electrons. The molecule has 4 rings (SSSR count). The fourth-order valence-corrected chi connectivity index (χ4v) is 3.64. The Morgan fingerprint density at radius 2 is 1.67 bits per heavy atom. The van der Waals surface area contributed by atoms with E-state index in [1.54, 1.807) is 49.4 Å². The van der Waals surface area contributed by atoms with Gasteiger partial charge in [0.05, 0.1) is 43.1 Å². The van der Waals surface area contributed by atoms with Crippen molar-refractivity contribution in [1.82, 2.24) is 9.97 Å². The van der Waals surface area contributed by atoms with Gasteiger partial charge in [-0.2, -0.15) is 15.5 Å². The van der Waals surface area contributed by atoms with Gasteiger partial charge in [-0.1, -0.05) is 0 Å². The summed E-state index contributed by atoms with van der Waals surface area (Å²) in [5.41, 5.74) is 3.17. The zero-order valence-corrected chi connectivity index (χ0v) is 19.8. The molecule has 36 heavy (non-hydrogen) atoms. The Balaban J connectivity index is 1.83. The number of anilines is 4. The molecule has 0 aliphatic heterocycles. The molecule has 0 saturated carbocycles. The molecule has 0 bridgehead atoms. The highest BCUT2D eigenvalue weighted by Gasteiger charge is 2.16. The van der Waals surface area contributed by atoms with E-state index in [0.29, 0.717) is 50.6 Å². The van der Waals surface area contributed by atoms with E-state index >= 15 is 4.39 Å². The summed E-state index contributed by atoms with van der Waals surface area (Å²) >= 11 is 0. The van der Waals surface area contributed by atoms with E-state index in [2.05, 4.69) is 26.7 Å². The molecule has 178 valence electrons. The van der Waals surface area contributed by atoms with Crippen LogP contribution in [0.5, 0.6) is 11.5 Å². The smallest absolute Gasteiger partial charge is 0.229 e. The molecule has 0 atom stereocenters. The molecule has 9 heteroatoms. The second kappa shape index (κ2) is 10.4. The molecule has 4 aromatic rings. The fourth-order valence-electron chi connectivity index (χ4n) is 3.64. The first kappa shape index (κ1) is 24.0. The van der Waals surface area contributed by atoms with Crippen molar-refractivity contribution in [2.45, 2.75) is 6.92 Å². The van der Waals surface area contributed by atoms with Crippen LogP contribution in [0.4, 0.5) is 27.5 Å². The Morgan fingerprint density at radius 1 is 0.944 bits per heavy atom. The SMILES string of the molecule is COc1cc2nc(Nc3ccc(C#N)cc3)nc(Nc3c(C)cc(/C=C/C#N)cc3F)c2cc1OC. The van der Waals surface area contributed by atoms with Gasteiger partial charge in [-0.15, -0.1) is 0 Å². The van der Waals surface area contributed by atoms with Crippen molar-refractivity contribution >= 4 is 40.1 Å². The van der Waals surface area contributed by atoms with Gasteiger partial charge in [-0.25, -0.2) is 9.37 Å². The van der Waals surface area contributed by atoms with Crippen LogP contribution < -0.4 is 20.1 Å². The van der Waals surface area contributed by atoms with E-state index in [9.17, 15) is 0 Å². The number of halogens is 1. The van der Waals surface area contributed by atoms with E-state index in [-0.39, 0.29) is 11.6 Å². The fraction of sp³-hybridized carbons (Fsp3) is 0.111. The first-order chi connectivity index (χ1) is 17.4. The standard InChI is InChI=1S/C27H21FN6O2/c1-16-11-18(5-4-10-29)12-21(28)25(16)33-26-20-13-23(35-2)24(36-3)14-22(20)32-27(34-26)31-19-8-6-17(15-30)7-9-19/h4-9,11-14H,1-3H3,(H2,31,32,33,34)/b5-4+. The third-order valence-electron chi connectivity index (χ3n) is 5.37. The number of hydrogen-bond donors (Lipinski definition) is 2. The maximum Gasteiger partial charge on any atom is 0.229 e. The number of nitrogens with one attached hydrogen (secondary N) is 2. The summed E-state index contributed by atoms with van der Waals surface area (Å²) in [7, 11) is 3.05.